The Morgan fingerprint density at radius 2 is 1.74 bits per heavy atom. The summed E-state index contributed by atoms with van der Waals surface area (Å²) >= 11 is 12.2. The first-order valence-electron chi connectivity index (χ1n) is 7.37. The fourth-order valence-corrected chi connectivity index (χ4v) is 2.98. The summed E-state index contributed by atoms with van der Waals surface area (Å²) in [5, 5.41) is 4.55. The Kier molecular flexibility index (Phi) is 6.05. The molecule has 3 nitrogen and oxygen atoms in total. The predicted octanol–water partition coefficient (Wildman–Crippen LogP) is 4.47. The van der Waals surface area contributed by atoms with Crippen LogP contribution in [0.15, 0.2) is 48.5 Å². The summed E-state index contributed by atoms with van der Waals surface area (Å²) in [6, 6.07) is 14.5. The van der Waals surface area contributed by atoms with Crippen LogP contribution < -0.4 is 5.32 Å². The maximum atomic E-state index is 12.6. The van der Waals surface area contributed by atoms with Gasteiger partial charge in [-0.15, -0.1) is 0 Å². The van der Waals surface area contributed by atoms with Gasteiger partial charge in [-0.3, -0.25) is 10.1 Å². The van der Waals surface area contributed by atoms with E-state index in [1.54, 1.807) is 31.1 Å². The second-order valence-corrected chi connectivity index (χ2v) is 6.47. The fourth-order valence-electron chi connectivity index (χ4n) is 2.41. The average Bonchev–Trinajstić information content (AvgIpc) is 2.52. The van der Waals surface area contributed by atoms with Crippen molar-refractivity contribution in [3.63, 3.8) is 0 Å². The molecule has 0 aromatic heterocycles. The van der Waals surface area contributed by atoms with Crippen LogP contribution in [-0.2, 0) is 4.79 Å². The zero-order valence-corrected chi connectivity index (χ0v) is 14.9. The number of carbonyl (C=O) groups is 1. The van der Waals surface area contributed by atoms with Gasteiger partial charge in [-0.2, -0.15) is 0 Å². The van der Waals surface area contributed by atoms with Crippen molar-refractivity contribution in [3.05, 3.63) is 69.7 Å². The highest BCUT2D eigenvalue weighted by Gasteiger charge is 2.24. The van der Waals surface area contributed by atoms with Crippen molar-refractivity contribution >= 4 is 29.1 Å². The van der Waals surface area contributed by atoms with Gasteiger partial charge in [-0.25, -0.2) is 0 Å². The lowest BCUT2D eigenvalue weighted by molar-refractivity contribution is -0.131. The molecule has 0 saturated heterocycles. The molecule has 0 aliphatic heterocycles. The lowest BCUT2D eigenvalue weighted by Crippen LogP contribution is -2.38. The van der Waals surface area contributed by atoms with Crippen LogP contribution in [0.5, 0.6) is 0 Å². The van der Waals surface area contributed by atoms with Crippen molar-refractivity contribution in [2.75, 3.05) is 14.1 Å². The van der Waals surface area contributed by atoms with Crippen LogP contribution in [-0.4, -0.2) is 24.9 Å². The lowest BCUT2D eigenvalue weighted by Gasteiger charge is -2.26. The van der Waals surface area contributed by atoms with Gasteiger partial charge in [0, 0.05) is 30.2 Å². The molecule has 2 atom stereocenters. The topological polar surface area (TPSA) is 32.3 Å². The van der Waals surface area contributed by atoms with Crippen molar-refractivity contribution in [1.82, 2.24) is 10.2 Å². The highest BCUT2D eigenvalue weighted by molar-refractivity contribution is 6.35. The van der Waals surface area contributed by atoms with E-state index in [4.69, 9.17) is 23.2 Å². The van der Waals surface area contributed by atoms with Gasteiger partial charge in [-0.05, 0) is 30.2 Å². The van der Waals surface area contributed by atoms with E-state index >= 15 is 0 Å². The van der Waals surface area contributed by atoms with Crippen LogP contribution >= 0.6 is 23.2 Å². The summed E-state index contributed by atoms with van der Waals surface area (Å²) in [5.41, 5.74) is 1.83. The minimum absolute atomic E-state index is 0.00636. The maximum absolute atomic E-state index is 12.6. The molecule has 1 amide bonds. The van der Waals surface area contributed by atoms with Gasteiger partial charge in [0.2, 0.25) is 5.91 Å². The van der Waals surface area contributed by atoms with Gasteiger partial charge in [0.1, 0.15) is 6.04 Å². The number of nitrogens with zero attached hydrogens (tertiary/aromatic N) is 1. The Morgan fingerprint density at radius 3 is 2.30 bits per heavy atom. The van der Waals surface area contributed by atoms with Crippen LogP contribution in [0, 0.1) is 0 Å². The number of carbonyl (C=O) groups excluding carboxylic acids is 1. The summed E-state index contributed by atoms with van der Waals surface area (Å²) in [5.74, 6) is -0.00636. The minimum atomic E-state index is -0.437. The van der Waals surface area contributed by atoms with E-state index in [9.17, 15) is 4.79 Å². The molecule has 0 spiro atoms. The van der Waals surface area contributed by atoms with Gasteiger partial charge in [0.15, 0.2) is 0 Å². The smallest absolute Gasteiger partial charge is 0.243 e. The Balaban J connectivity index is 2.28. The van der Waals surface area contributed by atoms with Gasteiger partial charge >= 0.3 is 0 Å². The molecule has 0 saturated carbocycles. The van der Waals surface area contributed by atoms with E-state index in [1.807, 2.05) is 43.3 Å². The molecule has 2 rings (SSSR count). The number of hydrogen-bond donors (Lipinski definition) is 1. The molecule has 0 heterocycles. The molecule has 2 aromatic carbocycles. The van der Waals surface area contributed by atoms with Crippen molar-refractivity contribution in [3.8, 4) is 0 Å². The summed E-state index contributed by atoms with van der Waals surface area (Å²) in [6.07, 6.45) is 0. The van der Waals surface area contributed by atoms with E-state index in [0.29, 0.717) is 10.0 Å². The molecule has 2 aromatic rings. The Labute approximate surface area is 147 Å². The maximum Gasteiger partial charge on any atom is 0.243 e. The summed E-state index contributed by atoms with van der Waals surface area (Å²) in [4.78, 5) is 14.1. The van der Waals surface area contributed by atoms with E-state index in [2.05, 4.69) is 5.32 Å². The number of amides is 1. The molecule has 1 N–H and O–H groups in total. The number of halogens is 2. The van der Waals surface area contributed by atoms with Crippen LogP contribution in [0.4, 0.5) is 0 Å². The van der Waals surface area contributed by atoms with Crippen LogP contribution in [0.2, 0.25) is 10.0 Å². The van der Waals surface area contributed by atoms with Crippen molar-refractivity contribution in [2.45, 2.75) is 19.0 Å². The molecular weight excluding hydrogens is 331 g/mol. The number of rotatable bonds is 5. The first-order valence-corrected chi connectivity index (χ1v) is 8.13. The normalized spacial score (nSPS) is 13.4. The van der Waals surface area contributed by atoms with Gasteiger partial charge in [0.05, 0.1) is 0 Å². The van der Waals surface area contributed by atoms with E-state index < -0.39 is 6.04 Å². The number of hydrogen-bond acceptors (Lipinski definition) is 2. The zero-order chi connectivity index (χ0) is 17.0. The predicted molar refractivity (Wildman–Crippen MR) is 95.9 cm³/mol. The van der Waals surface area contributed by atoms with Crippen LogP contribution in [0.1, 0.15) is 30.1 Å². The lowest BCUT2D eigenvalue weighted by atomic mass is 10.0. The molecule has 23 heavy (non-hydrogen) atoms. The quantitative estimate of drug-likeness (QED) is 0.862. The van der Waals surface area contributed by atoms with Gasteiger partial charge in [0.25, 0.3) is 0 Å². The fraction of sp³-hybridized carbons (Fsp3) is 0.278. The third kappa shape index (κ3) is 4.47. The highest BCUT2D eigenvalue weighted by atomic mass is 35.5. The van der Waals surface area contributed by atoms with E-state index in [0.717, 1.165) is 11.1 Å². The molecule has 0 bridgehead atoms. The summed E-state index contributed by atoms with van der Waals surface area (Å²) in [7, 11) is 3.50. The Morgan fingerprint density at radius 1 is 1.09 bits per heavy atom. The van der Waals surface area contributed by atoms with E-state index in [-0.39, 0.29) is 11.9 Å². The minimum Gasteiger partial charge on any atom is -0.347 e. The van der Waals surface area contributed by atoms with Gasteiger partial charge < -0.3 is 4.90 Å². The highest BCUT2D eigenvalue weighted by Crippen LogP contribution is 2.28. The summed E-state index contributed by atoms with van der Waals surface area (Å²) < 4.78 is 0. The van der Waals surface area contributed by atoms with Crippen LogP contribution in [0.3, 0.4) is 0 Å². The van der Waals surface area contributed by atoms with Crippen LogP contribution in [0.25, 0.3) is 0 Å². The number of benzene rings is 2. The molecule has 0 aliphatic carbocycles. The molecule has 0 radical (unpaired) electrons. The van der Waals surface area contributed by atoms with Gasteiger partial charge in [-0.1, -0.05) is 59.6 Å². The third-order valence-corrected chi connectivity index (χ3v) is 4.23. The molecular formula is C18H20Cl2N2O. The first kappa shape index (κ1) is 17.8. The molecule has 5 heteroatoms. The largest absolute Gasteiger partial charge is 0.347 e. The first-order chi connectivity index (χ1) is 10.9. The van der Waals surface area contributed by atoms with E-state index in [1.165, 1.54) is 0 Å². The zero-order valence-electron chi connectivity index (χ0n) is 13.4. The standard InChI is InChI=1S/C18H20Cl2N2O/c1-12(15-10-9-14(19)11-16(15)20)21-17(18(23)22(2)3)13-7-5-4-6-8-13/h4-12,17,21H,1-3H3/t12-,17+/m0/s1. The molecule has 0 unspecified atom stereocenters. The van der Waals surface area contributed by atoms with Crippen molar-refractivity contribution < 1.29 is 4.79 Å². The molecule has 0 aliphatic rings. The molecule has 122 valence electrons. The monoisotopic (exact) mass is 350 g/mol. The second-order valence-electron chi connectivity index (χ2n) is 5.63. The number of likely N-dealkylation sites (N-methyl/N-ethyl adjacent to an activating group) is 1. The SMILES string of the molecule is C[C@H](N[C@@H](C(=O)N(C)C)c1ccccc1)c1ccc(Cl)cc1Cl. The second kappa shape index (κ2) is 7.82. The Bertz CT molecular complexity index is 674. The Hall–Kier alpha value is -1.55. The van der Waals surface area contributed by atoms with Crippen molar-refractivity contribution in [1.29, 1.82) is 0 Å². The summed E-state index contributed by atoms with van der Waals surface area (Å²) in [6.45, 7) is 1.98. The average molecular weight is 351 g/mol. The van der Waals surface area contributed by atoms with Crippen molar-refractivity contribution in [2.24, 2.45) is 0 Å². The number of nitrogens with one attached hydrogen (secondary N) is 1. The third-order valence-electron chi connectivity index (χ3n) is 3.67. The molecule has 0 fully saturated rings.